The lowest BCUT2D eigenvalue weighted by Gasteiger charge is -2.09. The molecule has 0 atom stereocenters. The van der Waals surface area contributed by atoms with E-state index < -0.39 is 0 Å². The van der Waals surface area contributed by atoms with Gasteiger partial charge in [-0.3, -0.25) is 0 Å². The summed E-state index contributed by atoms with van der Waals surface area (Å²) in [6.45, 7) is 4.36. The quantitative estimate of drug-likeness (QED) is 0.438. The Labute approximate surface area is 165 Å². The molecule has 4 nitrogen and oxygen atoms in total. The van der Waals surface area contributed by atoms with Crippen LogP contribution in [0.4, 0.5) is 0 Å². The summed E-state index contributed by atoms with van der Waals surface area (Å²) in [6, 6.07) is 24.8. The first kappa shape index (κ1) is 18.3. The number of aromatic nitrogens is 2. The van der Waals surface area contributed by atoms with Gasteiger partial charge in [-0.25, -0.2) is 4.98 Å². The van der Waals surface area contributed by atoms with Gasteiger partial charge in [0.25, 0.3) is 0 Å². The zero-order valence-electron chi connectivity index (χ0n) is 16.1. The standard InChI is InChI=1S/C24H25N3O/c1-18-9-11-19(12-10-18)17-28-21-6-4-5-20(15-21)16-25-14-13-24-26-22-7-2-3-8-23(22)27-24/h2-12,15,25H,13-14,16-17H2,1H3,(H,26,27). The van der Waals surface area contributed by atoms with Gasteiger partial charge in [0.2, 0.25) is 0 Å². The number of hydrogen-bond donors (Lipinski definition) is 2. The molecule has 0 bridgehead atoms. The van der Waals surface area contributed by atoms with Gasteiger partial charge in [-0.15, -0.1) is 0 Å². The van der Waals surface area contributed by atoms with E-state index in [1.54, 1.807) is 0 Å². The van der Waals surface area contributed by atoms with Crippen molar-refractivity contribution in [3.63, 3.8) is 0 Å². The number of aromatic amines is 1. The molecule has 4 aromatic rings. The predicted octanol–water partition coefficient (Wildman–Crippen LogP) is 4.78. The van der Waals surface area contributed by atoms with E-state index >= 15 is 0 Å². The molecule has 4 rings (SSSR count). The highest BCUT2D eigenvalue weighted by Crippen LogP contribution is 2.16. The van der Waals surface area contributed by atoms with E-state index in [2.05, 4.69) is 64.7 Å². The van der Waals surface area contributed by atoms with Crippen LogP contribution in [-0.2, 0) is 19.6 Å². The minimum absolute atomic E-state index is 0.587. The van der Waals surface area contributed by atoms with Crippen molar-refractivity contribution < 1.29 is 4.74 Å². The second-order valence-electron chi connectivity index (χ2n) is 7.05. The third kappa shape index (κ3) is 4.78. The SMILES string of the molecule is Cc1ccc(COc2cccc(CNCCc3nc4ccccc4[nH]3)c2)cc1. The number of fused-ring (bicyclic) bond motifs is 1. The molecule has 0 aliphatic rings. The zero-order valence-corrected chi connectivity index (χ0v) is 16.1. The minimum Gasteiger partial charge on any atom is -0.489 e. The molecule has 0 spiro atoms. The van der Waals surface area contributed by atoms with Crippen molar-refractivity contribution in [1.82, 2.24) is 15.3 Å². The fourth-order valence-electron chi connectivity index (χ4n) is 3.16. The topological polar surface area (TPSA) is 49.9 Å². The lowest BCUT2D eigenvalue weighted by Crippen LogP contribution is -2.17. The van der Waals surface area contributed by atoms with Crippen LogP contribution in [0.1, 0.15) is 22.5 Å². The van der Waals surface area contributed by atoms with Crippen molar-refractivity contribution in [2.24, 2.45) is 0 Å². The highest BCUT2D eigenvalue weighted by Gasteiger charge is 2.02. The zero-order chi connectivity index (χ0) is 19.2. The van der Waals surface area contributed by atoms with Crippen LogP contribution < -0.4 is 10.1 Å². The van der Waals surface area contributed by atoms with Gasteiger partial charge in [0.1, 0.15) is 18.2 Å². The molecule has 0 saturated heterocycles. The van der Waals surface area contributed by atoms with E-state index in [1.807, 2.05) is 30.3 Å². The first-order valence-electron chi connectivity index (χ1n) is 9.68. The summed E-state index contributed by atoms with van der Waals surface area (Å²) < 4.78 is 5.94. The molecule has 0 saturated carbocycles. The van der Waals surface area contributed by atoms with Crippen LogP contribution in [0, 0.1) is 6.92 Å². The number of benzene rings is 3. The maximum Gasteiger partial charge on any atom is 0.120 e. The number of H-pyrrole nitrogens is 1. The van der Waals surface area contributed by atoms with Crippen molar-refractivity contribution >= 4 is 11.0 Å². The molecule has 4 heteroatoms. The summed E-state index contributed by atoms with van der Waals surface area (Å²) >= 11 is 0. The Morgan fingerprint density at radius 1 is 0.929 bits per heavy atom. The number of para-hydroxylation sites is 2. The second-order valence-corrected chi connectivity index (χ2v) is 7.05. The van der Waals surface area contributed by atoms with E-state index in [0.717, 1.165) is 42.1 Å². The van der Waals surface area contributed by atoms with Gasteiger partial charge in [0.15, 0.2) is 0 Å². The number of ether oxygens (including phenoxy) is 1. The molecule has 142 valence electrons. The molecule has 0 aliphatic carbocycles. The molecule has 0 amide bonds. The summed E-state index contributed by atoms with van der Waals surface area (Å²) in [7, 11) is 0. The van der Waals surface area contributed by atoms with Crippen LogP contribution in [-0.4, -0.2) is 16.5 Å². The number of rotatable bonds is 8. The van der Waals surface area contributed by atoms with Crippen LogP contribution in [0.25, 0.3) is 11.0 Å². The van der Waals surface area contributed by atoms with Gasteiger partial charge >= 0.3 is 0 Å². The monoisotopic (exact) mass is 371 g/mol. The lowest BCUT2D eigenvalue weighted by atomic mass is 10.2. The summed E-state index contributed by atoms with van der Waals surface area (Å²) in [5.74, 6) is 1.92. The van der Waals surface area contributed by atoms with Crippen LogP contribution >= 0.6 is 0 Å². The molecule has 3 aromatic carbocycles. The Morgan fingerprint density at radius 2 is 1.79 bits per heavy atom. The number of aryl methyl sites for hydroxylation is 1. The summed E-state index contributed by atoms with van der Waals surface area (Å²) in [5.41, 5.74) is 5.78. The average Bonchev–Trinajstić information content (AvgIpc) is 3.14. The molecule has 1 heterocycles. The van der Waals surface area contributed by atoms with Crippen molar-refractivity contribution in [2.75, 3.05) is 6.54 Å². The number of hydrogen-bond acceptors (Lipinski definition) is 3. The largest absolute Gasteiger partial charge is 0.489 e. The first-order chi connectivity index (χ1) is 13.8. The smallest absolute Gasteiger partial charge is 0.120 e. The number of imidazole rings is 1. The molecule has 1 aromatic heterocycles. The minimum atomic E-state index is 0.587. The van der Waals surface area contributed by atoms with Crippen molar-refractivity contribution in [3.05, 3.63) is 95.3 Å². The molecular weight excluding hydrogens is 346 g/mol. The fraction of sp³-hybridized carbons (Fsp3) is 0.208. The number of nitrogens with one attached hydrogen (secondary N) is 2. The highest BCUT2D eigenvalue weighted by atomic mass is 16.5. The Balaban J connectivity index is 1.25. The lowest BCUT2D eigenvalue weighted by molar-refractivity contribution is 0.306. The van der Waals surface area contributed by atoms with Crippen LogP contribution in [0.15, 0.2) is 72.8 Å². The van der Waals surface area contributed by atoms with Crippen LogP contribution in [0.3, 0.4) is 0 Å². The highest BCUT2D eigenvalue weighted by molar-refractivity contribution is 5.74. The van der Waals surface area contributed by atoms with Gasteiger partial charge in [-0.05, 0) is 42.3 Å². The van der Waals surface area contributed by atoms with E-state index in [9.17, 15) is 0 Å². The molecular formula is C24H25N3O. The second kappa shape index (κ2) is 8.72. The van der Waals surface area contributed by atoms with Gasteiger partial charge in [-0.2, -0.15) is 0 Å². The maximum absolute atomic E-state index is 5.94. The van der Waals surface area contributed by atoms with Crippen molar-refractivity contribution in [1.29, 1.82) is 0 Å². The Morgan fingerprint density at radius 3 is 2.64 bits per heavy atom. The predicted molar refractivity (Wildman–Crippen MR) is 113 cm³/mol. The van der Waals surface area contributed by atoms with Gasteiger partial charge < -0.3 is 15.0 Å². The third-order valence-corrected chi connectivity index (χ3v) is 4.73. The molecule has 0 aliphatic heterocycles. The third-order valence-electron chi connectivity index (χ3n) is 4.73. The normalized spacial score (nSPS) is 11.0. The van der Waals surface area contributed by atoms with Crippen LogP contribution in [0.2, 0.25) is 0 Å². The number of nitrogens with zero attached hydrogens (tertiary/aromatic N) is 1. The summed E-state index contributed by atoms with van der Waals surface area (Å²) in [5, 5.41) is 3.49. The fourth-order valence-corrected chi connectivity index (χ4v) is 3.16. The summed E-state index contributed by atoms with van der Waals surface area (Å²) in [4.78, 5) is 7.98. The molecule has 0 unspecified atom stereocenters. The van der Waals surface area contributed by atoms with E-state index in [-0.39, 0.29) is 0 Å². The Bertz CT molecular complexity index is 1000. The van der Waals surface area contributed by atoms with Gasteiger partial charge in [0, 0.05) is 19.5 Å². The van der Waals surface area contributed by atoms with Crippen molar-refractivity contribution in [2.45, 2.75) is 26.5 Å². The Hall–Kier alpha value is -3.11. The van der Waals surface area contributed by atoms with E-state index in [0.29, 0.717) is 6.61 Å². The molecule has 28 heavy (non-hydrogen) atoms. The van der Waals surface area contributed by atoms with Crippen LogP contribution in [0.5, 0.6) is 5.75 Å². The van der Waals surface area contributed by atoms with Gasteiger partial charge in [-0.1, -0.05) is 54.1 Å². The molecule has 0 fully saturated rings. The molecule has 0 radical (unpaired) electrons. The van der Waals surface area contributed by atoms with Gasteiger partial charge in [0.05, 0.1) is 11.0 Å². The molecule has 2 N–H and O–H groups in total. The average molecular weight is 371 g/mol. The first-order valence-corrected chi connectivity index (χ1v) is 9.68. The van der Waals surface area contributed by atoms with E-state index in [1.165, 1.54) is 16.7 Å². The van der Waals surface area contributed by atoms with Crippen molar-refractivity contribution in [3.8, 4) is 5.75 Å². The summed E-state index contributed by atoms with van der Waals surface area (Å²) in [6.07, 6.45) is 0.873. The Kier molecular flexibility index (Phi) is 5.69. The maximum atomic E-state index is 5.94. The van der Waals surface area contributed by atoms with E-state index in [4.69, 9.17) is 4.74 Å².